The maximum absolute atomic E-state index is 12.3. The molecule has 0 aliphatic carbocycles. The fraction of sp³-hybridized carbons (Fsp3) is 0.611. The molecule has 0 saturated carbocycles. The number of ether oxygens (including phenoxy) is 2. The number of fused-ring (bicyclic) bond motifs is 3. The first-order chi connectivity index (χ1) is 11.8. The van der Waals surface area contributed by atoms with Crippen molar-refractivity contribution in [3.05, 3.63) is 23.5 Å². The van der Waals surface area contributed by atoms with Crippen LogP contribution in [0.5, 0.6) is 0 Å². The summed E-state index contributed by atoms with van der Waals surface area (Å²) in [6.45, 7) is 7.63. The van der Waals surface area contributed by atoms with Crippen LogP contribution >= 0.6 is 0 Å². The number of esters is 1. The minimum absolute atomic E-state index is 0.250. The number of hydrogen-bond donors (Lipinski definition) is 0. The number of carbonyl (C=O) groups is 2. The predicted octanol–water partition coefficient (Wildman–Crippen LogP) is 2.24. The third-order valence-electron chi connectivity index (χ3n) is 4.50. The summed E-state index contributed by atoms with van der Waals surface area (Å²) < 4.78 is 10.2. The van der Waals surface area contributed by atoms with Crippen molar-refractivity contribution < 1.29 is 19.1 Å². The molecule has 1 aromatic heterocycles. The highest BCUT2D eigenvalue weighted by Gasteiger charge is 2.35. The van der Waals surface area contributed by atoms with Crippen molar-refractivity contribution in [1.82, 2.24) is 9.88 Å². The van der Waals surface area contributed by atoms with Crippen LogP contribution in [0.4, 0.5) is 10.5 Å². The number of aromatic nitrogens is 1. The minimum Gasteiger partial charge on any atom is -0.464 e. The van der Waals surface area contributed by atoms with Crippen molar-refractivity contribution in [3.8, 4) is 0 Å². The average Bonchev–Trinajstić information content (AvgIpc) is 2.58. The van der Waals surface area contributed by atoms with E-state index in [1.165, 1.54) is 7.11 Å². The average molecular weight is 347 g/mol. The van der Waals surface area contributed by atoms with E-state index in [2.05, 4.69) is 9.88 Å². The van der Waals surface area contributed by atoms with Crippen LogP contribution in [0.1, 0.15) is 43.4 Å². The lowest BCUT2D eigenvalue weighted by Gasteiger charge is -2.45. The van der Waals surface area contributed by atoms with Crippen molar-refractivity contribution in [2.45, 2.75) is 45.3 Å². The van der Waals surface area contributed by atoms with Crippen molar-refractivity contribution in [2.24, 2.45) is 0 Å². The fourth-order valence-electron chi connectivity index (χ4n) is 3.37. The van der Waals surface area contributed by atoms with Crippen molar-refractivity contribution >= 4 is 17.7 Å². The van der Waals surface area contributed by atoms with Gasteiger partial charge in [0.15, 0.2) is 0 Å². The van der Waals surface area contributed by atoms with Crippen LogP contribution in [0.25, 0.3) is 0 Å². The van der Waals surface area contributed by atoms with Gasteiger partial charge in [0.1, 0.15) is 11.3 Å². The molecule has 0 spiro atoms. The molecule has 3 heterocycles. The van der Waals surface area contributed by atoms with E-state index in [0.29, 0.717) is 18.8 Å². The number of anilines is 1. The van der Waals surface area contributed by atoms with E-state index in [1.807, 2.05) is 26.8 Å². The lowest BCUT2D eigenvalue weighted by Crippen LogP contribution is -2.57. The summed E-state index contributed by atoms with van der Waals surface area (Å²) >= 11 is 0. The predicted molar refractivity (Wildman–Crippen MR) is 92.8 cm³/mol. The van der Waals surface area contributed by atoms with Gasteiger partial charge in [0.05, 0.1) is 18.5 Å². The molecule has 2 aliphatic heterocycles. The van der Waals surface area contributed by atoms with E-state index >= 15 is 0 Å². The molecular formula is C18H25N3O4. The van der Waals surface area contributed by atoms with Gasteiger partial charge in [-0.15, -0.1) is 0 Å². The second-order valence-electron chi connectivity index (χ2n) is 7.47. The van der Waals surface area contributed by atoms with E-state index < -0.39 is 11.6 Å². The van der Waals surface area contributed by atoms with Gasteiger partial charge in [-0.2, -0.15) is 0 Å². The Bertz CT molecular complexity index is 683. The van der Waals surface area contributed by atoms with Gasteiger partial charge in [0.25, 0.3) is 0 Å². The van der Waals surface area contributed by atoms with Crippen LogP contribution in [-0.4, -0.2) is 60.3 Å². The van der Waals surface area contributed by atoms with Crippen LogP contribution in [-0.2, 0) is 15.9 Å². The normalized spacial score (nSPS) is 19.8. The Hall–Kier alpha value is -2.31. The maximum Gasteiger partial charge on any atom is 0.410 e. The lowest BCUT2D eigenvalue weighted by atomic mass is 9.97. The Morgan fingerprint density at radius 3 is 2.68 bits per heavy atom. The molecule has 0 aromatic carbocycles. The number of hydrogen-bond acceptors (Lipinski definition) is 6. The second-order valence-corrected chi connectivity index (χ2v) is 7.47. The van der Waals surface area contributed by atoms with Crippen LogP contribution in [0.3, 0.4) is 0 Å². The van der Waals surface area contributed by atoms with Crippen molar-refractivity contribution in [1.29, 1.82) is 0 Å². The maximum atomic E-state index is 12.3. The first-order valence-electron chi connectivity index (χ1n) is 8.61. The molecule has 25 heavy (non-hydrogen) atoms. The molecule has 7 nitrogen and oxygen atoms in total. The molecule has 2 aliphatic rings. The Balaban J connectivity index is 1.72. The molecule has 0 radical (unpaired) electrons. The highest BCUT2D eigenvalue weighted by atomic mass is 16.6. The summed E-state index contributed by atoms with van der Waals surface area (Å²) in [5, 5.41) is 0. The number of piperazine rings is 1. The van der Waals surface area contributed by atoms with Gasteiger partial charge >= 0.3 is 12.1 Å². The lowest BCUT2D eigenvalue weighted by molar-refractivity contribution is 0.0210. The first kappa shape index (κ1) is 17.5. The Morgan fingerprint density at radius 2 is 2.00 bits per heavy atom. The zero-order valence-corrected chi connectivity index (χ0v) is 15.2. The van der Waals surface area contributed by atoms with Crippen LogP contribution < -0.4 is 4.90 Å². The summed E-state index contributed by atoms with van der Waals surface area (Å²) in [7, 11) is 1.36. The van der Waals surface area contributed by atoms with Gasteiger partial charge in [0.2, 0.25) is 0 Å². The third-order valence-corrected chi connectivity index (χ3v) is 4.50. The number of carbonyl (C=O) groups excluding carboxylic acids is 2. The monoisotopic (exact) mass is 347 g/mol. The highest BCUT2D eigenvalue weighted by Crippen LogP contribution is 2.32. The largest absolute Gasteiger partial charge is 0.464 e. The number of aryl methyl sites for hydroxylation is 1. The van der Waals surface area contributed by atoms with Crippen molar-refractivity contribution in [3.63, 3.8) is 0 Å². The fourth-order valence-corrected chi connectivity index (χ4v) is 3.37. The third kappa shape index (κ3) is 3.70. The molecule has 0 unspecified atom stereocenters. The van der Waals surface area contributed by atoms with Crippen LogP contribution in [0.2, 0.25) is 0 Å². The molecule has 0 bridgehead atoms. The SMILES string of the molecule is COC(=O)c1ccc2c(n1)CC[C@@H]1CN(C(=O)OC(C)(C)C)CCN21. The summed E-state index contributed by atoms with van der Waals surface area (Å²) in [6, 6.07) is 3.89. The summed E-state index contributed by atoms with van der Waals surface area (Å²) in [6.07, 6.45) is 1.42. The first-order valence-corrected chi connectivity index (χ1v) is 8.61. The van der Waals surface area contributed by atoms with Gasteiger partial charge in [0, 0.05) is 25.7 Å². The summed E-state index contributed by atoms with van der Waals surface area (Å²) in [4.78, 5) is 32.5. The van der Waals surface area contributed by atoms with E-state index in [1.54, 1.807) is 11.0 Å². The van der Waals surface area contributed by atoms with Crippen molar-refractivity contribution in [2.75, 3.05) is 31.6 Å². The topological polar surface area (TPSA) is 72.0 Å². The number of methoxy groups -OCH3 is 1. The van der Waals surface area contributed by atoms with Crippen LogP contribution in [0, 0.1) is 0 Å². The Labute approximate surface area is 147 Å². The van der Waals surface area contributed by atoms with E-state index in [4.69, 9.17) is 9.47 Å². The molecule has 1 fully saturated rings. The van der Waals surface area contributed by atoms with E-state index in [9.17, 15) is 9.59 Å². The molecule has 1 amide bonds. The zero-order valence-electron chi connectivity index (χ0n) is 15.2. The Kier molecular flexibility index (Phi) is 4.58. The minimum atomic E-state index is -0.485. The molecule has 3 rings (SSSR count). The van der Waals surface area contributed by atoms with Crippen LogP contribution in [0.15, 0.2) is 12.1 Å². The number of rotatable bonds is 1. The number of pyridine rings is 1. The van der Waals surface area contributed by atoms with Gasteiger partial charge < -0.3 is 19.3 Å². The smallest absolute Gasteiger partial charge is 0.410 e. The molecule has 0 N–H and O–H groups in total. The van der Waals surface area contributed by atoms with Gasteiger partial charge in [-0.1, -0.05) is 0 Å². The zero-order chi connectivity index (χ0) is 18.2. The van der Waals surface area contributed by atoms with Gasteiger partial charge in [-0.3, -0.25) is 0 Å². The standard InChI is InChI=1S/C18H25N3O4/c1-18(2,3)25-17(23)20-9-10-21-12(11-20)5-6-13-15(21)8-7-14(19-13)16(22)24-4/h7-8,12H,5-6,9-11H2,1-4H3/t12-/m1/s1. The summed E-state index contributed by atoms with van der Waals surface area (Å²) in [5.41, 5.74) is 1.83. The molecule has 136 valence electrons. The summed E-state index contributed by atoms with van der Waals surface area (Å²) in [5.74, 6) is -0.417. The molecule has 1 atom stereocenters. The van der Waals surface area contributed by atoms with E-state index in [0.717, 1.165) is 30.8 Å². The molecular weight excluding hydrogens is 322 g/mol. The van der Waals surface area contributed by atoms with E-state index in [-0.39, 0.29) is 12.1 Å². The highest BCUT2D eigenvalue weighted by molar-refractivity contribution is 5.87. The molecule has 7 heteroatoms. The van der Waals surface area contributed by atoms with Gasteiger partial charge in [-0.05, 0) is 45.7 Å². The number of amides is 1. The number of nitrogens with zero attached hydrogens (tertiary/aromatic N) is 3. The second kappa shape index (κ2) is 6.54. The Morgan fingerprint density at radius 1 is 1.24 bits per heavy atom. The molecule has 1 aromatic rings. The van der Waals surface area contributed by atoms with Gasteiger partial charge in [-0.25, -0.2) is 14.6 Å². The molecule has 1 saturated heterocycles. The quantitative estimate of drug-likeness (QED) is 0.726.